The van der Waals surface area contributed by atoms with E-state index in [1.165, 1.54) is 4.57 Å². The summed E-state index contributed by atoms with van der Waals surface area (Å²) < 4.78 is 12.2. The highest BCUT2D eigenvalue weighted by atomic mass is 16.6. The van der Waals surface area contributed by atoms with Crippen molar-refractivity contribution in [2.24, 2.45) is 0 Å². The van der Waals surface area contributed by atoms with Crippen LogP contribution in [0.1, 0.15) is 40.2 Å². The Bertz CT molecular complexity index is 856. The number of carbonyl (C=O) groups is 1. The van der Waals surface area contributed by atoms with E-state index in [0.29, 0.717) is 23.3 Å². The molecule has 0 fully saturated rings. The van der Waals surface area contributed by atoms with E-state index >= 15 is 0 Å². The van der Waals surface area contributed by atoms with E-state index in [2.05, 4.69) is 5.32 Å². The van der Waals surface area contributed by atoms with Crippen molar-refractivity contribution < 1.29 is 13.9 Å². The number of hydrogen-bond acceptors (Lipinski definition) is 4. The van der Waals surface area contributed by atoms with Crippen LogP contribution in [0.2, 0.25) is 0 Å². The first kappa shape index (κ1) is 17.8. The molecule has 130 valence electrons. The van der Waals surface area contributed by atoms with Crippen LogP contribution < -0.4 is 11.1 Å². The Morgan fingerprint density at radius 1 is 1.42 bits per heavy atom. The lowest BCUT2D eigenvalue weighted by Crippen LogP contribution is -2.31. The molecule has 2 aromatic rings. The molecular weight excluding hydrogens is 308 g/mol. The number of aryl methyl sites for hydroxylation is 2. The number of allylic oxidation sites excluding steroid dienone is 1. The minimum Gasteiger partial charge on any atom is -0.439 e. The number of oxazole rings is 1. The van der Waals surface area contributed by atoms with Gasteiger partial charge in [0, 0.05) is 12.2 Å². The van der Waals surface area contributed by atoms with Gasteiger partial charge < -0.3 is 9.15 Å². The minimum absolute atomic E-state index is 0.406. The maximum absolute atomic E-state index is 12.2. The molecule has 0 bridgehead atoms. The van der Waals surface area contributed by atoms with E-state index in [1.54, 1.807) is 12.1 Å². The molecule has 0 saturated heterocycles. The standard InChI is InChI=1S/C18H24N2O4/c1-7-12(4)18(5,6)24-16(21)19-13-10-14-15(9-11(13)3)23-17(22)20(14)8-2/h7,9-10H,8H2,1-6H3,(H,19,21)/b12-7-. The van der Waals surface area contributed by atoms with Crippen molar-refractivity contribution in [3.8, 4) is 0 Å². The number of nitrogens with one attached hydrogen (secondary N) is 1. The number of aromatic nitrogens is 1. The van der Waals surface area contributed by atoms with Crippen molar-refractivity contribution in [2.45, 2.75) is 53.7 Å². The minimum atomic E-state index is -0.696. The van der Waals surface area contributed by atoms with Gasteiger partial charge in [-0.15, -0.1) is 0 Å². The normalized spacial score (nSPS) is 12.5. The third-order valence-corrected chi connectivity index (χ3v) is 4.30. The predicted molar refractivity (Wildman–Crippen MR) is 94.5 cm³/mol. The topological polar surface area (TPSA) is 73.5 Å². The summed E-state index contributed by atoms with van der Waals surface area (Å²) in [5, 5.41) is 2.75. The number of nitrogens with zero attached hydrogens (tertiary/aromatic N) is 1. The summed E-state index contributed by atoms with van der Waals surface area (Å²) >= 11 is 0. The van der Waals surface area contributed by atoms with E-state index in [9.17, 15) is 9.59 Å². The zero-order valence-electron chi connectivity index (χ0n) is 15.0. The average molecular weight is 332 g/mol. The van der Waals surface area contributed by atoms with Gasteiger partial charge in [0.25, 0.3) is 0 Å². The zero-order valence-corrected chi connectivity index (χ0v) is 15.0. The van der Waals surface area contributed by atoms with E-state index in [0.717, 1.165) is 11.1 Å². The first-order chi connectivity index (χ1) is 11.2. The fourth-order valence-electron chi connectivity index (χ4n) is 2.44. The van der Waals surface area contributed by atoms with E-state index in [1.807, 2.05) is 47.6 Å². The average Bonchev–Trinajstić information content (AvgIpc) is 2.80. The molecule has 0 atom stereocenters. The van der Waals surface area contributed by atoms with Crippen LogP contribution in [0.15, 0.2) is 33.0 Å². The van der Waals surface area contributed by atoms with E-state index < -0.39 is 17.5 Å². The molecule has 0 aliphatic heterocycles. The largest absolute Gasteiger partial charge is 0.439 e. The van der Waals surface area contributed by atoms with Crippen molar-refractivity contribution >= 4 is 22.9 Å². The zero-order chi connectivity index (χ0) is 18.1. The summed E-state index contributed by atoms with van der Waals surface area (Å²) in [6, 6.07) is 3.47. The molecule has 1 N–H and O–H groups in total. The van der Waals surface area contributed by atoms with Crippen LogP contribution in [0.5, 0.6) is 0 Å². The third-order valence-electron chi connectivity index (χ3n) is 4.30. The fraction of sp³-hybridized carbons (Fsp3) is 0.444. The fourth-order valence-corrected chi connectivity index (χ4v) is 2.44. The quantitative estimate of drug-likeness (QED) is 0.851. The van der Waals surface area contributed by atoms with Crippen LogP contribution in [0.25, 0.3) is 11.1 Å². The maximum Gasteiger partial charge on any atom is 0.419 e. The number of fused-ring (bicyclic) bond motifs is 1. The molecular formula is C18H24N2O4. The number of rotatable bonds is 4. The molecule has 6 heteroatoms. The van der Waals surface area contributed by atoms with Gasteiger partial charge in [-0.1, -0.05) is 6.08 Å². The second kappa shape index (κ2) is 6.55. The van der Waals surface area contributed by atoms with Crippen LogP contribution >= 0.6 is 0 Å². The molecule has 0 aliphatic rings. The lowest BCUT2D eigenvalue weighted by atomic mass is 10.00. The third kappa shape index (κ3) is 3.37. The molecule has 1 amide bonds. The number of benzene rings is 1. The smallest absolute Gasteiger partial charge is 0.419 e. The summed E-state index contributed by atoms with van der Waals surface area (Å²) in [5.41, 5.74) is 2.79. The lowest BCUT2D eigenvalue weighted by molar-refractivity contribution is 0.0756. The molecule has 0 saturated carbocycles. The number of ether oxygens (including phenoxy) is 1. The Hall–Kier alpha value is -2.50. The molecule has 1 aromatic carbocycles. The van der Waals surface area contributed by atoms with Crippen LogP contribution in [-0.4, -0.2) is 16.3 Å². The van der Waals surface area contributed by atoms with Gasteiger partial charge in [0.15, 0.2) is 5.58 Å². The van der Waals surface area contributed by atoms with Gasteiger partial charge in [0.05, 0.1) is 5.52 Å². The first-order valence-electron chi connectivity index (χ1n) is 7.97. The molecule has 0 unspecified atom stereocenters. The van der Waals surface area contributed by atoms with Gasteiger partial charge in [-0.2, -0.15) is 0 Å². The monoisotopic (exact) mass is 332 g/mol. The molecule has 1 heterocycles. The molecule has 0 radical (unpaired) electrons. The number of anilines is 1. The van der Waals surface area contributed by atoms with Gasteiger partial charge in [-0.25, -0.2) is 9.59 Å². The molecule has 2 rings (SSSR count). The molecule has 0 spiro atoms. The van der Waals surface area contributed by atoms with Crippen molar-refractivity contribution in [3.63, 3.8) is 0 Å². The first-order valence-corrected chi connectivity index (χ1v) is 7.97. The van der Waals surface area contributed by atoms with E-state index in [-0.39, 0.29) is 0 Å². The van der Waals surface area contributed by atoms with E-state index in [4.69, 9.17) is 9.15 Å². The van der Waals surface area contributed by atoms with Crippen LogP contribution in [0.3, 0.4) is 0 Å². The number of amides is 1. The van der Waals surface area contributed by atoms with Gasteiger partial charge in [-0.05, 0) is 64.8 Å². The van der Waals surface area contributed by atoms with Crippen LogP contribution in [0.4, 0.5) is 10.5 Å². The Morgan fingerprint density at radius 3 is 2.67 bits per heavy atom. The molecule has 1 aromatic heterocycles. The molecule has 6 nitrogen and oxygen atoms in total. The number of carbonyl (C=O) groups excluding carboxylic acids is 1. The molecule has 0 aliphatic carbocycles. The second-order valence-electron chi connectivity index (χ2n) is 6.24. The van der Waals surface area contributed by atoms with Crippen molar-refractivity contribution in [1.82, 2.24) is 4.57 Å². The summed E-state index contributed by atoms with van der Waals surface area (Å²) in [6.07, 6.45) is 1.37. The van der Waals surface area contributed by atoms with Crippen molar-refractivity contribution in [3.05, 3.63) is 39.9 Å². The second-order valence-corrected chi connectivity index (χ2v) is 6.24. The molecule has 24 heavy (non-hydrogen) atoms. The summed E-state index contributed by atoms with van der Waals surface area (Å²) in [6.45, 7) is 11.7. The van der Waals surface area contributed by atoms with Crippen LogP contribution in [-0.2, 0) is 11.3 Å². The Kier molecular flexibility index (Phi) is 4.87. The Labute approximate surface area is 141 Å². The van der Waals surface area contributed by atoms with Crippen molar-refractivity contribution in [2.75, 3.05) is 5.32 Å². The van der Waals surface area contributed by atoms with Crippen molar-refractivity contribution in [1.29, 1.82) is 0 Å². The summed E-state index contributed by atoms with van der Waals surface area (Å²) in [4.78, 5) is 24.0. The summed E-state index contributed by atoms with van der Waals surface area (Å²) in [7, 11) is 0. The van der Waals surface area contributed by atoms with Gasteiger partial charge in [0.1, 0.15) is 5.60 Å². The van der Waals surface area contributed by atoms with Gasteiger partial charge in [-0.3, -0.25) is 9.88 Å². The highest BCUT2D eigenvalue weighted by Gasteiger charge is 2.25. The highest BCUT2D eigenvalue weighted by molar-refractivity contribution is 5.90. The predicted octanol–water partition coefficient (Wildman–Crippen LogP) is 4.22. The van der Waals surface area contributed by atoms with Gasteiger partial charge in [0.2, 0.25) is 0 Å². The van der Waals surface area contributed by atoms with Crippen LogP contribution in [0, 0.1) is 6.92 Å². The SMILES string of the molecule is C/C=C(/C)C(C)(C)OC(=O)Nc1cc2c(cc1C)oc(=O)n2CC. The Morgan fingerprint density at radius 2 is 2.08 bits per heavy atom. The maximum atomic E-state index is 12.2. The number of hydrogen-bond donors (Lipinski definition) is 1. The Balaban J connectivity index is 2.31. The summed E-state index contributed by atoms with van der Waals surface area (Å²) in [5.74, 6) is -0.406. The lowest BCUT2D eigenvalue weighted by Gasteiger charge is -2.26. The van der Waals surface area contributed by atoms with Gasteiger partial charge >= 0.3 is 11.8 Å². The highest BCUT2D eigenvalue weighted by Crippen LogP contribution is 2.25.